The minimum absolute atomic E-state index is 0.142. The number of carbonyl (C=O) groups excluding carboxylic acids is 1. The molecule has 3 heteroatoms. The minimum atomic E-state index is -0.142. The summed E-state index contributed by atoms with van der Waals surface area (Å²) in [5.74, 6) is 0.219. The molecule has 1 aliphatic carbocycles. The van der Waals surface area contributed by atoms with Crippen LogP contribution in [-0.4, -0.2) is 18.0 Å². The van der Waals surface area contributed by atoms with E-state index in [4.69, 9.17) is 9.47 Å². The van der Waals surface area contributed by atoms with Crippen molar-refractivity contribution >= 4 is 5.78 Å². The monoisotopic (exact) mass is 296 g/mol. The number of carbonyl (C=O) groups is 1. The van der Waals surface area contributed by atoms with E-state index in [0.29, 0.717) is 26.1 Å². The van der Waals surface area contributed by atoms with Crippen LogP contribution in [-0.2, 0) is 27.5 Å². The number of benzene rings is 2. The lowest BCUT2D eigenvalue weighted by atomic mass is 10.2. The summed E-state index contributed by atoms with van der Waals surface area (Å²) in [4.78, 5) is 11.7. The van der Waals surface area contributed by atoms with Gasteiger partial charge in [-0.15, -0.1) is 0 Å². The summed E-state index contributed by atoms with van der Waals surface area (Å²) >= 11 is 0. The van der Waals surface area contributed by atoms with Gasteiger partial charge in [0.15, 0.2) is 0 Å². The number of ketones is 1. The molecule has 2 atom stereocenters. The van der Waals surface area contributed by atoms with Gasteiger partial charge in [0.2, 0.25) is 0 Å². The van der Waals surface area contributed by atoms with Gasteiger partial charge >= 0.3 is 0 Å². The lowest BCUT2D eigenvalue weighted by molar-refractivity contribution is -0.118. The first-order valence-corrected chi connectivity index (χ1v) is 7.64. The summed E-state index contributed by atoms with van der Waals surface area (Å²) < 4.78 is 11.8. The maximum atomic E-state index is 11.7. The van der Waals surface area contributed by atoms with Crippen molar-refractivity contribution < 1.29 is 14.3 Å². The van der Waals surface area contributed by atoms with Gasteiger partial charge in [-0.1, -0.05) is 60.7 Å². The predicted octanol–water partition coefficient (Wildman–Crippen LogP) is 3.52. The van der Waals surface area contributed by atoms with Gasteiger partial charge in [-0.2, -0.15) is 0 Å². The van der Waals surface area contributed by atoms with E-state index in [1.807, 2.05) is 60.7 Å². The summed E-state index contributed by atoms with van der Waals surface area (Å²) in [7, 11) is 0. The van der Waals surface area contributed by atoms with Crippen molar-refractivity contribution in [1.82, 2.24) is 0 Å². The van der Waals surface area contributed by atoms with Crippen molar-refractivity contribution in [3.63, 3.8) is 0 Å². The second-order valence-electron chi connectivity index (χ2n) is 5.62. The highest BCUT2D eigenvalue weighted by atomic mass is 16.5. The molecule has 3 rings (SSSR count). The van der Waals surface area contributed by atoms with E-state index in [-0.39, 0.29) is 18.0 Å². The molecular formula is C19H20O3. The van der Waals surface area contributed by atoms with Crippen molar-refractivity contribution in [3.05, 3.63) is 71.8 Å². The molecule has 0 saturated heterocycles. The van der Waals surface area contributed by atoms with E-state index in [0.717, 1.165) is 11.1 Å². The molecule has 0 spiro atoms. The molecule has 22 heavy (non-hydrogen) atoms. The van der Waals surface area contributed by atoms with Crippen LogP contribution in [0.4, 0.5) is 0 Å². The van der Waals surface area contributed by atoms with Crippen molar-refractivity contribution in [2.45, 2.75) is 38.3 Å². The number of rotatable bonds is 6. The average Bonchev–Trinajstić information content (AvgIpc) is 2.93. The largest absolute Gasteiger partial charge is 0.370 e. The van der Waals surface area contributed by atoms with Crippen LogP contribution in [0, 0.1) is 0 Å². The fourth-order valence-electron chi connectivity index (χ4n) is 2.68. The van der Waals surface area contributed by atoms with E-state index >= 15 is 0 Å². The molecule has 0 aromatic heterocycles. The highest BCUT2D eigenvalue weighted by Gasteiger charge is 2.34. The molecule has 0 amide bonds. The van der Waals surface area contributed by atoms with Gasteiger partial charge in [-0.25, -0.2) is 0 Å². The third-order valence-electron chi connectivity index (χ3n) is 3.89. The molecule has 0 bridgehead atoms. The molecule has 0 radical (unpaired) electrons. The van der Waals surface area contributed by atoms with Crippen molar-refractivity contribution in [2.75, 3.05) is 0 Å². The zero-order chi connectivity index (χ0) is 15.2. The van der Waals surface area contributed by atoms with Gasteiger partial charge < -0.3 is 9.47 Å². The fourth-order valence-corrected chi connectivity index (χ4v) is 2.68. The Bertz CT molecular complexity index is 541. The molecule has 0 heterocycles. The molecule has 3 nitrogen and oxygen atoms in total. The molecule has 0 aliphatic heterocycles. The van der Waals surface area contributed by atoms with Crippen LogP contribution in [0.3, 0.4) is 0 Å². The fraction of sp³-hybridized carbons (Fsp3) is 0.316. The SMILES string of the molecule is O=C1C[C@H](OCc2ccccc2)[C@@H](OCc2ccccc2)C1. The van der Waals surface area contributed by atoms with Crippen LogP contribution in [0.15, 0.2) is 60.7 Å². The lowest BCUT2D eigenvalue weighted by Crippen LogP contribution is -2.26. The number of Topliss-reactive ketones (excluding diaryl/α,β-unsaturated/α-hetero) is 1. The normalized spacial score (nSPS) is 21.2. The van der Waals surface area contributed by atoms with Gasteiger partial charge in [0.25, 0.3) is 0 Å². The van der Waals surface area contributed by atoms with Crippen LogP contribution in [0.2, 0.25) is 0 Å². The number of hydrogen-bond acceptors (Lipinski definition) is 3. The Hall–Kier alpha value is -1.97. The van der Waals surface area contributed by atoms with E-state index in [2.05, 4.69) is 0 Å². The van der Waals surface area contributed by atoms with E-state index in [9.17, 15) is 4.79 Å². The zero-order valence-electron chi connectivity index (χ0n) is 12.5. The molecule has 0 N–H and O–H groups in total. The van der Waals surface area contributed by atoms with Crippen molar-refractivity contribution in [1.29, 1.82) is 0 Å². The first kappa shape index (κ1) is 14.9. The lowest BCUT2D eigenvalue weighted by Gasteiger charge is -2.20. The maximum Gasteiger partial charge on any atom is 0.138 e. The van der Waals surface area contributed by atoms with Crippen LogP contribution in [0.25, 0.3) is 0 Å². The van der Waals surface area contributed by atoms with Crippen LogP contribution >= 0.6 is 0 Å². The van der Waals surface area contributed by atoms with Gasteiger partial charge in [-0.3, -0.25) is 4.79 Å². The Morgan fingerprint density at radius 2 is 1.14 bits per heavy atom. The molecule has 114 valence electrons. The smallest absolute Gasteiger partial charge is 0.138 e. The standard InChI is InChI=1S/C19H20O3/c20-17-11-18(21-13-15-7-3-1-4-8-15)19(12-17)22-14-16-9-5-2-6-10-16/h1-10,18-19H,11-14H2/t18-,19-/m0/s1. The highest BCUT2D eigenvalue weighted by molar-refractivity contribution is 5.82. The quantitative estimate of drug-likeness (QED) is 0.818. The van der Waals surface area contributed by atoms with Gasteiger partial charge in [0.05, 0.1) is 25.4 Å². The van der Waals surface area contributed by atoms with Crippen molar-refractivity contribution in [3.8, 4) is 0 Å². The Kier molecular flexibility index (Phi) is 4.99. The van der Waals surface area contributed by atoms with Gasteiger partial charge in [0.1, 0.15) is 5.78 Å². The van der Waals surface area contributed by atoms with E-state index < -0.39 is 0 Å². The summed E-state index contributed by atoms with van der Waals surface area (Å²) in [6, 6.07) is 20.0. The number of ether oxygens (including phenoxy) is 2. The van der Waals surface area contributed by atoms with Crippen LogP contribution in [0.5, 0.6) is 0 Å². The second-order valence-corrected chi connectivity index (χ2v) is 5.62. The number of hydrogen-bond donors (Lipinski definition) is 0. The molecule has 2 aromatic carbocycles. The molecule has 1 saturated carbocycles. The van der Waals surface area contributed by atoms with Crippen LogP contribution in [0.1, 0.15) is 24.0 Å². The summed E-state index contributed by atoms with van der Waals surface area (Å²) in [5, 5.41) is 0. The minimum Gasteiger partial charge on any atom is -0.370 e. The van der Waals surface area contributed by atoms with Crippen molar-refractivity contribution in [2.24, 2.45) is 0 Å². The molecule has 1 aliphatic rings. The Labute approximate surface area is 130 Å². The Morgan fingerprint density at radius 3 is 1.55 bits per heavy atom. The predicted molar refractivity (Wildman–Crippen MR) is 84.3 cm³/mol. The third kappa shape index (κ3) is 4.03. The molecule has 2 aromatic rings. The van der Waals surface area contributed by atoms with Gasteiger partial charge in [0, 0.05) is 12.8 Å². The molecule has 0 unspecified atom stereocenters. The van der Waals surface area contributed by atoms with E-state index in [1.54, 1.807) is 0 Å². The third-order valence-corrected chi connectivity index (χ3v) is 3.89. The average molecular weight is 296 g/mol. The van der Waals surface area contributed by atoms with E-state index in [1.165, 1.54) is 0 Å². The Morgan fingerprint density at radius 1 is 0.727 bits per heavy atom. The van der Waals surface area contributed by atoms with Gasteiger partial charge in [-0.05, 0) is 11.1 Å². The first-order chi connectivity index (χ1) is 10.8. The topological polar surface area (TPSA) is 35.5 Å². The summed E-state index contributed by atoms with van der Waals surface area (Å²) in [6.07, 6.45) is 0.617. The molecular weight excluding hydrogens is 276 g/mol. The highest BCUT2D eigenvalue weighted by Crippen LogP contribution is 2.24. The summed E-state index contributed by atoms with van der Waals surface area (Å²) in [6.45, 7) is 1.04. The second kappa shape index (κ2) is 7.34. The van der Waals surface area contributed by atoms with Crippen LogP contribution < -0.4 is 0 Å². The Balaban J connectivity index is 1.54. The summed E-state index contributed by atoms with van der Waals surface area (Å²) in [5.41, 5.74) is 2.23. The first-order valence-electron chi connectivity index (χ1n) is 7.64. The molecule has 1 fully saturated rings. The maximum absolute atomic E-state index is 11.7. The zero-order valence-corrected chi connectivity index (χ0v) is 12.5.